The molecule has 1 aliphatic rings. The van der Waals surface area contributed by atoms with Crippen molar-refractivity contribution in [3.05, 3.63) is 0 Å². The van der Waals surface area contributed by atoms with E-state index in [0.29, 0.717) is 12.2 Å². The van der Waals surface area contributed by atoms with Crippen LogP contribution in [0.25, 0.3) is 0 Å². The Labute approximate surface area is 106 Å². The minimum atomic E-state index is -0.0697. The Hall–Kier alpha value is -0.120. The van der Waals surface area contributed by atoms with Crippen molar-refractivity contribution < 1.29 is 5.11 Å². The molecule has 0 aromatic rings. The Morgan fingerprint density at radius 2 is 2.06 bits per heavy atom. The molecule has 1 aliphatic heterocycles. The fraction of sp³-hybridized carbons (Fsp3) is 1.00. The quantitative estimate of drug-likeness (QED) is 0.544. The Kier molecular flexibility index (Phi) is 7.82. The lowest BCUT2D eigenvalue weighted by Crippen LogP contribution is -2.42. The Bertz CT molecular complexity index is 181. The van der Waals surface area contributed by atoms with Crippen LogP contribution < -0.4 is 10.6 Å². The molecule has 0 aromatic carbocycles. The van der Waals surface area contributed by atoms with Crippen LogP contribution in [0.5, 0.6) is 0 Å². The largest absolute Gasteiger partial charge is 0.393 e. The number of aliphatic hydroxyl groups is 1. The second-order valence-corrected chi connectivity index (χ2v) is 5.44. The lowest BCUT2D eigenvalue weighted by molar-refractivity contribution is 0.149. The van der Waals surface area contributed by atoms with Gasteiger partial charge in [0.1, 0.15) is 0 Å². The molecule has 0 amide bonds. The first-order valence-corrected chi connectivity index (χ1v) is 7.40. The lowest BCUT2D eigenvalue weighted by atomic mass is 10.0. The third kappa shape index (κ3) is 7.02. The summed E-state index contributed by atoms with van der Waals surface area (Å²) in [6, 6.07) is 0.592. The minimum Gasteiger partial charge on any atom is -0.393 e. The van der Waals surface area contributed by atoms with E-state index in [4.69, 9.17) is 0 Å². The molecule has 17 heavy (non-hydrogen) atoms. The first-order valence-electron chi connectivity index (χ1n) is 7.40. The maximum atomic E-state index is 9.62. The molecule has 102 valence electrons. The van der Waals surface area contributed by atoms with Crippen molar-refractivity contribution in [2.75, 3.05) is 6.54 Å². The summed E-state index contributed by atoms with van der Waals surface area (Å²) >= 11 is 0. The molecule has 3 atom stereocenters. The molecule has 3 unspecified atom stereocenters. The third-order valence-corrected chi connectivity index (χ3v) is 3.59. The predicted octanol–water partition coefficient (Wildman–Crippen LogP) is 2.40. The number of hydrogen-bond donors (Lipinski definition) is 3. The molecule has 0 aromatic heterocycles. The van der Waals surface area contributed by atoms with Gasteiger partial charge in [0.2, 0.25) is 0 Å². The molecular weight excluding hydrogens is 212 g/mol. The molecule has 3 N–H and O–H groups in total. The number of hydrogen-bond acceptors (Lipinski definition) is 3. The van der Waals surface area contributed by atoms with Crippen LogP contribution in [0.3, 0.4) is 0 Å². The summed E-state index contributed by atoms with van der Waals surface area (Å²) in [5, 5.41) is 16.7. The molecule has 0 radical (unpaired) electrons. The predicted molar refractivity (Wildman–Crippen MR) is 73.0 cm³/mol. The van der Waals surface area contributed by atoms with Crippen molar-refractivity contribution in [3.8, 4) is 0 Å². The van der Waals surface area contributed by atoms with Crippen LogP contribution in [0.4, 0.5) is 0 Å². The lowest BCUT2D eigenvalue weighted by Gasteiger charge is -2.19. The van der Waals surface area contributed by atoms with Gasteiger partial charge in [0.15, 0.2) is 0 Å². The van der Waals surface area contributed by atoms with Gasteiger partial charge in [-0.3, -0.25) is 5.32 Å². The van der Waals surface area contributed by atoms with Crippen LogP contribution in [-0.2, 0) is 0 Å². The van der Waals surface area contributed by atoms with Gasteiger partial charge >= 0.3 is 0 Å². The molecule has 1 saturated heterocycles. The highest BCUT2D eigenvalue weighted by Gasteiger charge is 2.15. The van der Waals surface area contributed by atoms with E-state index in [-0.39, 0.29) is 6.10 Å². The van der Waals surface area contributed by atoms with Gasteiger partial charge in [-0.25, -0.2) is 0 Å². The zero-order chi connectivity index (χ0) is 12.5. The standard InChI is InChI=1S/C14H30N2O/c1-3-7-13(17)9-5-4-8-12(2)16-14-10-6-11-15-14/h12-17H,3-11H2,1-2H3. The maximum Gasteiger partial charge on any atom is 0.0574 e. The maximum absolute atomic E-state index is 9.62. The molecule has 1 heterocycles. The zero-order valence-corrected chi connectivity index (χ0v) is 11.5. The van der Waals surface area contributed by atoms with E-state index in [1.165, 1.54) is 25.7 Å². The number of rotatable bonds is 9. The van der Waals surface area contributed by atoms with E-state index < -0.39 is 0 Å². The summed E-state index contributed by atoms with van der Waals surface area (Å²) in [5.74, 6) is 0. The summed E-state index contributed by atoms with van der Waals surface area (Å²) in [5.41, 5.74) is 0. The number of unbranched alkanes of at least 4 members (excludes halogenated alkanes) is 1. The highest BCUT2D eigenvalue weighted by molar-refractivity contribution is 4.75. The second kappa shape index (κ2) is 8.90. The molecule has 1 rings (SSSR count). The Balaban J connectivity index is 1.94. The van der Waals surface area contributed by atoms with E-state index in [1.807, 2.05) is 0 Å². The van der Waals surface area contributed by atoms with Crippen molar-refractivity contribution >= 4 is 0 Å². The van der Waals surface area contributed by atoms with Crippen LogP contribution in [0.1, 0.15) is 65.2 Å². The summed E-state index contributed by atoms with van der Waals surface area (Å²) in [6.07, 6.45) is 9.65. The second-order valence-electron chi connectivity index (χ2n) is 5.44. The number of nitrogens with one attached hydrogen (secondary N) is 2. The normalized spacial score (nSPS) is 23.8. The molecular formula is C14H30N2O. The summed E-state index contributed by atoms with van der Waals surface area (Å²) in [4.78, 5) is 0. The van der Waals surface area contributed by atoms with Crippen LogP contribution in [0, 0.1) is 0 Å². The summed E-state index contributed by atoms with van der Waals surface area (Å²) in [7, 11) is 0. The van der Waals surface area contributed by atoms with E-state index >= 15 is 0 Å². The van der Waals surface area contributed by atoms with Crippen molar-refractivity contribution in [3.63, 3.8) is 0 Å². The van der Waals surface area contributed by atoms with Crippen molar-refractivity contribution in [1.29, 1.82) is 0 Å². The van der Waals surface area contributed by atoms with Crippen LogP contribution in [0.2, 0.25) is 0 Å². The highest BCUT2D eigenvalue weighted by Crippen LogP contribution is 2.10. The summed E-state index contributed by atoms with van der Waals surface area (Å²) in [6.45, 7) is 5.56. The van der Waals surface area contributed by atoms with Gasteiger partial charge in [-0.15, -0.1) is 0 Å². The number of aliphatic hydroxyl groups excluding tert-OH is 1. The van der Waals surface area contributed by atoms with E-state index in [2.05, 4.69) is 24.5 Å². The van der Waals surface area contributed by atoms with Gasteiger partial charge in [-0.1, -0.05) is 26.2 Å². The van der Waals surface area contributed by atoms with E-state index in [1.54, 1.807) is 0 Å². The minimum absolute atomic E-state index is 0.0697. The van der Waals surface area contributed by atoms with Crippen molar-refractivity contribution in [2.45, 2.75) is 83.5 Å². The van der Waals surface area contributed by atoms with Gasteiger partial charge < -0.3 is 10.4 Å². The first kappa shape index (κ1) is 14.9. The molecule has 3 nitrogen and oxygen atoms in total. The van der Waals surface area contributed by atoms with Gasteiger partial charge in [0.05, 0.1) is 12.3 Å². The van der Waals surface area contributed by atoms with Crippen LogP contribution in [-0.4, -0.2) is 30.0 Å². The highest BCUT2D eigenvalue weighted by atomic mass is 16.3. The smallest absolute Gasteiger partial charge is 0.0574 e. The molecule has 0 saturated carbocycles. The van der Waals surface area contributed by atoms with Crippen molar-refractivity contribution in [2.24, 2.45) is 0 Å². The van der Waals surface area contributed by atoms with Crippen LogP contribution >= 0.6 is 0 Å². The average molecular weight is 242 g/mol. The molecule has 1 fully saturated rings. The van der Waals surface area contributed by atoms with Gasteiger partial charge in [-0.2, -0.15) is 0 Å². The summed E-state index contributed by atoms with van der Waals surface area (Å²) < 4.78 is 0. The van der Waals surface area contributed by atoms with Crippen molar-refractivity contribution in [1.82, 2.24) is 10.6 Å². The fourth-order valence-corrected chi connectivity index (χ4v) is 2.56. The van der Waals surface area contributed by atoms with Crippen LogP contribution in [0.15, 0.2) is 0 Å². The Morgan fingerprint density at radius 3 is 2.71 bits per heavy atom. The molecule has 0 spiro atoms. The van der Waals surface area contributed by atoms with Gasteiger partial charge in [-0.05, 0) is 45.6 Å². The fourth-order valence-electron chi connectivity index (χ4n) is 2.56. The molecule has 0 bridgehead atoms. The van der Waals surface area contributed by atoms with Gasteiger partial charge in [0.25, 0.3) is 0 Å². The third-order valence-electron chi connectivity index (χ3n) is 3.59. The average Bonchev–Trinajstić information content (AvgIpc) is 2.77. The molecule has 0 aliphatic carbocycles. The Morgan fingerprint density at radius 1 is 1.29 bits per heavy atom. The van der Waals surface area contributed by atoms with Gasteiger partial charge in [0, 0.05) is 6.04 Å². The SMILES string of the molecule is CCCC(O)CCCCC(C)NC1CCCN1. The monoisotopic (exact) mass is 242 g/mol. The molecule has 3 heteroatoms. The first-order chi connectivity index (χ1) is 8.22. The van der Waals surface area contributed by atoms with E-state index in [9.17, 15) is 5.11 Å². The van der Waals surface area contributed by atoms with E-state index in [0.717, 1.165) is 32.2 Å². The topological polar surface area (TPSA) is 44.3 Å². The zero-order valence-electron chi connectivity index (χ0n) is 11.5.